The molecule has 0 bridgehead atoms. The summed E-state index contributed by atoms with van der Waals surface area (Å²) < 4.78 is 6.02. The summed E-state index contributed by atoms with van der Waals surface area (Å²) in [6.45, 7) is 7.17. The maximum Gasteiger partial charge on any atom is 0.0883 e. The van der Waals surface area contributed by atoms with Gasteiger partial charge in [-0.05, 0) is 42.6 Å². The largest absolute Gasteiger partial charge is 0.387 e. The smallest absolute Gasteiger partial charge is 0.0883 e. The molecule has 0 saturated heterocycles. The fourth-order valence-electron chi connectivity index (χ4n) is 3.81. The highest BCUT2D eigenvalue weighted by Gasteiger charge is 2.64. The van der Waals surface area contributed by atoms with Gasteiger partial charge in [0.15, 0.2) is 0 Å². The van der Waals surface area contributed by atoms with E-state index in [-0.39, 0.29) is 6.10 Å². The van der Waals surface area contributed by atoms with Crippen molar-refractivity contribution in [3.8, 4) is 0 Å². The van der Waals surface area contributed by atoms with Crippen LogP contribution in [0, 0.1) is 17.3 Å². The lowest BCUT2D eigenvalue weighted by molar-refractivity contribution is -0.128. The Balaban J connectivity index is 1.64. The van der Waals surface area contributed by atoms with Crippen molar-refractivity contribution >= 4 is 0 Å². The molecule has 19 heavy (non-hydrogen) atoms. The Morgan fingerprint density at radius 1 is 1.16 bits per heavy atom. The lowest BCUT2D eigenvalue weighted by atomic mass is 9.83. The fourth-order valence-corrected chi connectivity index (χ4v) is 3.81. The molecule has 1 unspecified atom stereocenters. The third-order valence-electron chi connectivity index (χ3n) is 5.38. The standard InChI is InChI=1S/C17H24O2/c1-16(2)13-9-15(17(3,18)10-14(13)16)19-11-12-7-5-4-6-8-12/h4-8,13-15,18H,9-11H2,1-3H3/t13-,14+,15-,17?/m1/s1. The minimum atomic E-state index is -0.677. The zero-order valence-electron chi connectivity index (χ0n) is 12.1. The van der Waals surface area contributed by atoms with Crippen LogP contribution in [0.25, 0.3) is 0 Å². The Kier molecular flexibility index (Phi) is 2.99. The molecule has 4 atom stereocenters. The van der Waals surface area contributed by atoms with Gasteiger partial charge in [0.25, 0.3) is 0 Å². The van der Waals surface area contributed by atoms with Crippen LogP contribution in [0.5, 0.6) is 0 Å². The van der Waals surface area contributed by atoms with Gasteiger partial charge < -0.3 is 9.84 Å². The highest BCUT2D eigenvalue weighted by molar-refractivity contribution is 5.15. The maximum absolute atomic E-state index is 10.6. The van der Waals surface area contributed by atoms with Crippen LogP contribution >= 0.6 is 0 Å². The maximum atomic E-state index is 10.6. The Hall–Kier alpha value is -0.860. The molecule has 2 fully saturated rings. The van der Waals surface area contributed by atoms with Crippen molar-refractivity contribution in [3.63, 3.8) is 0 Å². The lowest BCUT2D eigenvalue weighted by Crippen LogP contribution is -2.44. The number of benzene rings is 1. The van der Waals surface area contributed by atoms with E-state index in [0.717, 1.165) is 18.8 Å². The van der Waals surface area contributed by atoms with Crippen LogP contribution in [0.15, 0.2) is 30.3 Å². The second kappa shape index (κ2) is 4.32. The average molecular weight is 260 g/mol. The van der Waals surface area contributed by atoms with Gasteiger partial charge in [0, 0.05) is 0 Å². The fraction of sp³-hybridized carbons (Fsp3) is 0.647. The Morgan fingerprint density at radius 2 is 1.84 bits per heavy atom. The number of hydrogen-bond donors (Lipinski definition) is 1. The minimum Gasteiger partial charge on any atom is -0.387 e. The molecule has 0 heterocycles. The molecule has 2 nitrogen and oxygen atoms in total. The van der Waals surface area contributed by atoms with E-state index < -0.39 is 5.60 Å². The van der Waals surface area contributed by atoms with Gasteiger partial charge in [0.05, 0.1) is 18.3 Å². The second-order valence-electron chi connectivity index (χ2n) is 7.12. The average Bonchev–Trinajstić information content (AvgIpc) is 2.87. The molecular weight excluding hydrogens is 236 g/mol. The summed E-state index contributed by atoms with van der Waals surface area (Å²) in [5, 5.41) is 10.6. The van der Waals surface area contributed by atoms with E-state index in [1.165, 1.54) is 5.56 Å². The normalized spacial score (nSPS) is 39.7. The summed E-state index contributed by atoms with van der Waals surface area (Å²) in [4.78, 5) is 0. The summed E-state index contributed by atoms with van der Waals surface area (Å²) in [7, 11) is 0. The summed E-state index contributed by atoms with van der Waals surface area (Å²) in [6, 6.07) is 10.2. The van der Waals surface area contributed by atoms with Crippen molar-refractivity contribution in [1.82, 2.24) is 0 Å². The first kappa shape index (κ1) is 13.1. The van der Waals surface area contributed by atoms with E-state index in [1.54, 1.807) is 0 Å². The molecule has 0 radical (unpaired) electrons. The highest BCUT2D eigenvalue weighted by atomic mass is 16.5. The topological polar surface area (TPSA) is 29.5 Å². The zero-order valence-corrected chi connectivity index (χ0v) is 12.1. The van der Waals surface area contributed by atoms with Gasteiger partial charge in [-0.15, -0.1) is 0 Å². The van der Waals surface area contributed by atoms with Gasteiger partial charge in [-0.25, -0.2) is 0 Å². The molecule has 1 N–H and O–H groups in total. The van der Waals surface area contributed by atoms with Gasteiger partial charge in [-0.2, -0.15) is 0 Å². The van der Waals surface area contributed by atoms with Gasteiger partial charge in [0.2, 0.25) is 0 Å². The first-order valence-corrected chi connectivity index (χ1v) is 7.29. The van der Waals surface area contributed by atoms with Gasteiger partial charge in [0.1, 0.15) is 0 Å². The third kappa shape index (κ3) is 2.32. The van der Waals surface area contributed by atoms with E-state index in [0.29, 0.717) is 17.9 Å². The molecule has 1 aromatic rings. The van der Waals surface area contributed by atoms with Gasteiger partial charge >= 0.3 is 0 Å². The van der Waals surface area contributed by atoms with Crippen LogP contribution in [-0.4, -0.2) is 16.8 Å². The molecule has 0 amide bonds. The van der Waals surface area contributed by atoms with Crippen LogP contribution < -0.4 is 0 Å². The lowest BCUT2D eigenvalue weighted by Gasteiger charge is -2.36. The SMILES string of the molecule is CC1(O)C[C@H]2[C@@H](C[C@H]1OCc1ccccc1)C2(C)C. The van der Waals surface area contributed by atoms with Crippen LogP contribution in [0.1, 0.15) is 39.2 Å². The van der Waals surface area contributed by atoms with E-state index in [9.17, 15) is 5.11 Å². The summed E-state index contributed by atoms with van der Waals surface area (Å²) in [6.07, 6.45) is 1.84. The molecule has 3 rings (SSSR count). The van der Waals surface area contributed by atoms with Crippen molar-refractivity contribution in [2.24, 2.45) is 17.3 Å². The number of hydrogen-bond acceptors (Lipinski definition) is 2. The van der Waals surface area contributed by atoms with E-state index in [4.69, 9.17) is 4.74 Å². The van der Waals surface area contributed by atoms with Crippen molar-refractivity contribution in [1.29, 1.82) is 0 Å². The first-order valence-electron chi connectivity index (χ1n) is 7.29. The monoisotopic (exact) mass is 260 g/mol. The van der Waals surface area contributed by atoms with E-state index >= 15 is 0 Å². The zero-order chi connectivity index (χ0) is 13.7. The molecule has 0 spiro atoms. The first-order chi connectivity index (χ1) is 8.91. The Labute approximate surface area is 115 Å². The molecule has 2 aliphatic rings. The van der Waals surface area contributed by atoms with Crippen LogP contribution in [0.3, 0.4) is 0 Å². The van der Waals surface area contributed by atoms with Crippen LogP contribution in [-0.2, 0) is 11.3 Å². The third-order valence-corrected chi connectivity index (χ3v) is 5.38. The van der Waals surface area contributed by atoms with Gasteiger partial charge in [-0.3, -0.25) is 0 Å². The number of fused-ring (bicyclic) bond motifs is 1. The molecule has 1 aromatic carbocycles. The number of ether oxygens (including phenoxy) is 1. The van der Waals surface area contributed by atoms with Crippen LogP contribution in [0.4, 0.5) is 0 Å². The van der Waals surface area contributed by atoms with Gasteiger partial charge in [-0.1, -0.05) is 44.2 Å². The highest BCUT2D eigenvalue weighted by Crippen LogP contribution is 2.66. The molecule has 2 heteroatoms. The number of rotatable bonds is 3. The quantitative estimate of drug-likeness (QED) is 0.902. The second-order valence-corrected chi connectivity index (χ2v) is 7.12. The molecule has 0 aliphatic heterocycles. The van der Waals surface area contributed by atoms with E-state index in [1.807, 2.05) is 25.1 Å². The summed E-state index contributed by atoms with van der Waals surface area (Å²) in [5.41, 5.74) is 0.897. The molecule has 104 valence electrons. The van der Waals surface area contributed by atoms with Crippen molar-refractivity contribution in [2.45, 2.75) is 51.9 Å². The minimum absolute atomic E-state index is 0.0317. The number of aliphatic hydroxyl groups is 1. The van der Waals surface area contributed by atoms with Crippen LogP contribution in [0.2, 0.25) is 0 Å². The molecule has 0 aromatic heterocycles. The van der Waals surface area contributed by atoms with Crippen molar-refractivity contribution in [3.05, 3.63) is 35.9 Å². The summed E-state index contributed by atoms with van der Waals surface area (Å²) >= 11 is 0. The predicted molar refractivity (Wildman–Crippen MR) is 75.6 cm³/mol. The van der Waals surface area contributed by atoms with Crippen molar-refractivity contribution in [2.75, 3.05) is 0 Å². The molecular formula is C17H24O2. The Bertz CT molecular complexity index is 450. The van der Waals surface area contributed by atoms with Crippen molar-refractivity contribution < 1.29 is 9.84 Å². The Morgan fingerprint density at radius 3 is 2.53 bits per heavy atom. The van der Waals surface area contributed by atoms with E-state index in [2.05, 4.69) is 26.0 Å². The molecule has 2 aliphatic carbocycles. The summed E-state index contributed by atoms with van der Waals surface area (Å²) in [5.74, 6) is 1.41. The predicted octanol–water partition coefficient (Wildman–Crippen LogP) is 3.39. The molecule has 2 saturated carbocycles.